The van der Waals surface area contributed by atoms with Gasteiger partial charge in [0.25, 0.3) is 5.56 Å². The number of benzene rings is 1. The highest BCUT2D eigenvalue weighted by molar-refractivity contribution is 5.58. The summed E-state index contributed by atoms with van der Waals surface area (Å²) >= 11 is 0. The Kier molecular flexibility index (Phi) is 4.59. The maximum absolute atomic E-state index is 12.6. The average molecular weight is 312 g/mol. The Labute approximate surface area is 137 Å². The Morgan fingerprint density at radius 1 is 1.09 bits per heavy atom. The summed E-state index contributed by atoms with van der Waals surface area (Å²) in [5, 5.41) is 4.65. The molecule has 1 unspecified atom stereocenters. The van der Waals surface area contributed by atoms with E-state index in [1.807, 2.05) is 43.3 Å². The predicted octanol–water partition coefficient (Wildman–Crippen LogP) is 1.98. The molecule has 1 aliphatic rings. The fourth-order valence-electron chi connectivity index (χ4n) is 2.99. The molecular formula is C18H24N4O. The highest BCUT2D eigenvalue weighted by atomic mass is 16.1. The molecule has 1 aromatic carbocycles. The van der Waals surface area contributed by atoms with Gasteiger partial charge in [-0.3, -0.25) is 9.69 Å². The first-order chi connectivity index (χ1) is 11.1. The second-order valence-corrected chi connectivity index (χ2v) is 6.30. The number of aryl methyl sites for hydroxylation is 1. The predicted molar refractivity (Wildman–Crippen MR) is 92.5 cm³/mol. The lowest BCUT2D eigenvalue weighted by molar-refractivity contribution is 0.0765. The molecule has 0 saturated carbocycles. The molecule has 1 saturated heterocycles. The van der Waals surface area contributed by atoms with E-state index in [1.54, 1.807) is 4.68 Å². The molecule has 2 heterocycles. The van der Waals surface area contributed by atoms with Gasteiger partial charge in [0.05, 0.1) is 5.69 Å². The van der Waals surface area contributed by atoms with Crippen molar-refractivity contribution < 1.29 is 0 Å². The minimum Gasteiger partial charge on any atom is -0.304 e. The third kappa shape index (κ3) is 3.35. The van der Waals surface area contributed by atoms with Crippen LogP contribution in [0.25, 0.3) is 11.3 Å². The van der Waals surface area contributed by atoms with Crippen molar-refractivity contribution in [1.29, 1.82) is 0 Å². The van der Waals surface area contributed by atoms with Crippen LogP contribution in [0.5, 0.6) is 0 Å². The summed E-state index contributed by atoms with van der Waals surface area (Å²) in [6.45, 7) is 7.89. The summed E-state index contributed by atoms with van der Waals surface area (Å²) < 4.78 is 1.64. The molecule has 122 valence electrons. The van der Waals surface area contributed by atoms with Gasteiger partial charge in [0.2, 0.25) is 0 Å². The highest BCUT2D eigenvalue weighted by Crippen LogP contribution is 2.18. The first kappa shape index (κ1) is 15.9. The Balaban J connectivity index is 1.95. The van der Waals surface area contributed by atoms with E-state index in [9.17, 15) is 4.79 Å². The highest BCUT2D eigenvalue weighted by Gasteiger charge is 2.22. The number of hydrogen-bond acceptors (Lipinski definition) is 4. The van der Waals surface area contributed by atoms with Gasteiger partial charge < -0.3 is 4.90 Å². The van der Waals surface area contributed by atoms with Crippen LogP contribution in [0, 0.1) is 6.92 Å². The van der Waals surface area contributed by atoms with Gasteiger partial charge in [-0.05, 0) is 27.0 Å². The van der Waals surface area contributed by atoms with E-state index in [0.29, 0.717) is 0 Å². The molecule has 1 atom stereocenters. The van der Waals surface area contributed by atoms with E-state index in [1.165, 1.54) is 0 Å². The molecule has 2 aromatic rings. The van der Waals surface area contributed by atoms with Crippen LogP contribution < -0.4 is 5.56 Å². The fraction of sp³-hybridized carbons (Fsp3) is 0.444. The Bertz CT molecular complexity index is 718. The Morgan fingerprint density at radius 3 is 2.39 bits per heavy atom. The van der Waals surface area contributed by atoms with Gasteiger partial charge in [0.1, 0.15) is 6.17 Å². The number of aromatic nitrogens is 2. The van der Waals surface area contributed by atoms with Crippen LogP contribution in [-0.2, 0) is 0 Å². The minimum absolute atomic E-state index is 0.00360. The summed E-state index contributed by atoms with van der Waals surface area (Å²) in [4.78, 5) is 17.2. The molecule has 0 aliphatic carbocycles. The zero-order valence-corrected chi connectivity index (χ0v) is 14.1. The monoisotopic (exact) mass is 312 g/mol. The summed E-state index contributed by atoms with van der Waals surface area (Å²) in [7, 11) is 2.13. The van der Waals surface area contributed by atoms with Crippen molar-refractivity contribution in [2.75, 3.05) is 33.2 Å². The van der Waals surface area contributed by atoms with Crippen LogP contribution in [0.4, 0.5) is 0 Å². The lowest BCUT2D eigenvalue weighted by Gasteiger charge is -2.36. The first-order valence-electron chi connectivity index (χ1n) is 8.15. The molecule has 0 amide bonds. The molecule has 23 heavy (non-hydrogen) atoms. The van der Waals surface area contributed by atoms with Crippen LogP contribution in [0.15, 0.2) is 41.2 Å². The first-order valence-corrected chi connectivity index (χ1v) is 8.15. The molecule has 1 aliphatic heterocycles. The standard InChI is InChI=1S/C18H24N4O/c1-14-13-17(16-7-5-4-6-8-16)19-22(18(14)23)15(2)21-11-9-20(3)10-12-21/h4-8,13,15H,9-12H2,1-3H3. The minimum atomic E-state index is -0.0291. The Hall–Kier alpha value is -1.98. The lowest BCUT2D eigenvalue weighted by atomic mass is 10.1. The molecular weight excluding hydrogens is 288 g/mol. The van der Waals surface area contributed by atoms with Gasteiger partial charge in [0.15, 0.2) is 0 Å². The summed E-state index contributed by atoms with van der Waals surface area (Å²) in [6, 6.07) is 11.9. The maximum Gasteiger partial charge on any atom is 0.271 e. The smallest absolute Gasteiger partial charge is 0.271 e. The van der Waals surface area contributed by atoms with Crippen LogP contribution in [0.2, 0.25) is 0 Å². The third-order valence-electron chi connectivity index (χ3n) is 4.60. The largest absolute Gasteiger partial charge is 0.304 e. The van der Waals surface area contributed by atoms with Gasteiger partial charge >= 0.3 is 0 Å². The molecule has 0 N–H and O–H groups in total. The van der Waals surface area contributed by atoms with Crippen LogP contribution in [0.1, 0.15) is 18.7 Å². The van der Waals surface area contributed by atoms with E-state index in [2.05, 4.69) is 28.9 Å². The molecule has 5 heteroatoms. The van der Waals surface area contributed by atoms with Crippen molar-refractivity contribution in [2.24, 2.45) is 0 Å². The number of hydrogen-bond donors (Lipinski definition) is 0. The van der Waals surface area contributed by atoms with Crippen molar-refractivity contribution >= 4 is 0 Å². The number of likely N-dealkylation sites (N-methyl/N-ethyl adjacent to an activating group) is 1. The summed E-state index contributed by atoms with van der Waals surface area (Å²) in [6.07, 6.45) is -0.0291. The molecule has 3 rings (SSSR count). The third-order valence-corrected chi connectivity index (χ3v) is 4.60. The van der Waals surface area contributed by atoms with Crippen LogP contribution >= 0.6 is 0 Å². The van der Waals surface area contributed by atoms with Crippen molar-refractivity contribution in [3.8, 4) is 11.3 Å². The van der Waals surface area contributed by atoms with E-state index in [4.69, 9.17) is 0 Å². The number of rotatable bonds is 3. The maximum atomic E-state index is 12.6. The van der Waals surface area contributed by atoms with E-state index in [-0.39, 0.29) is 11.7 Å². The summed E-state index contributed by atoms with van der Waals surface area (Å²) in [5.41, 5.74) is 2.62. The van der Waals surface area contributed by atoms with Crippen molar-refractivity contribution in [3.63, 3.8) is 0 Å². The molecule has 0 bridgehead atoms. The number of nitrogens with zero attached hydrogens (tertiary/aromatic N) is 4. The van der Waals surface area contributed by atoms with Gasteiger partial charge in [-0.25, -0.2) is 4.68 Å². The normalized spacial score (nSPS) is 18.0. The van der Waals surface area contributed by atoms with Gasteiger partial charge in [-0.2, -0.15) is 5.10 Å². The zero-order chi connectivity index (χ0) is 16.4. The number of piperazine rings is 1. The SMILES string of the molecule is Cc1cc(-c2ccccc2)nn(C(C)N2CCN(C)CC2)c1=O. The second-order valence-electron chi connectivity index (χ2n) is 6.30. The van der Waals surface area contributed by atoms with Gasteiger partial charge in [-0.15, -0.1) is 0 Å². The molecule has 0 radical (unpaired) electrons. The van der Waals surface area contributed by atoms with Gasteiger partial charge in [0, 0.05) is 37.3 Å². The van der Waals surface area contributed by atoms with Crippen molar-refractivity contribution in [3.05, 3.63) is 52.3 Å². The average Bonchev–Trinajstić information content (AvgIpc) is 2.58. The van der Waals surface area contributed by atoms with Gasteiger partial charge in [-0.1, -0.05) is 30.3 Å². The molecule has 0 spiro atoms. The lowest BCUT2D eigenvalue weighted by Crippen LogP contribution is -2.48. The zero-order valence-electron chi connectivity index (χ0n) is 14.1. The van der Waals surface area contributed by atoms with Crippen molar-refractivity contribution in [1.82, 2.24) is 19.6 Å². The molecule has 5 nitrogen and oxygen atoms in total. The topological polar surface area (TPSA) is 41.4 Å². The van der Waals surface area contributed by atoms with E-state index in [0.717, 1.165) is 43.0 Å². The van der Waals surface area contributed by atoms with E-state index >= 15 is 0 Å². The quantitative estimate of drug-likeness (QED) is 0.869. The van der Waals surface area contributed by atoms with E-state index < -0.39 is 0 Å². The second kappa shape index (κ2) is 6.64. The van der Waals surface area contributed by atoms with Crippen molar-refractivity contribution in [2.45, 2.75) is 20.0 Å². The van der Waals surface area contributed by atoms with Crippen LogP contribution in [0.3, 0.4) is 0 Å². The van der Waals surface area contributed by atoms with Crippen LogP contribution in [-0.4, -0.2) is 52.8 Å². The fourth-order valence-corrected chi connectivity index (χ4v) is 2.99. The summed E-state index contributed by atoms with van der Waals surface area (Å²) in [5.74, 6) is 0. The Morgan fingerprint density at radius 2 is 1.74 bits per heavy atom. The molecule has 1 fully saturated rings. The molecule has 1 aromatic heterocycles.